The van der Waals surface area contributed by atoms with Gasteiger partial charge in [-0.25, -0.2) is 10.0 Å². The van der Waals surface area contributed by atoms with Crippen molar-refractivity contribution in [1.82, 2.24) is 19.8 Å². The van der Waals surface area contributed by atoms with E-state index in [2.05, 4.69) is 54.6 Å². The summed E-state index contributed by atoms with van der Waals surface area (Å²) in [6.07, 6.45) is 5.30. The first-order valence-electron chi connectivity index (χ1n) is 9.87. The highest BCUT2D eigenvalue weighted by atomic mass is 15.6. The molecule has 0 aromatic carbocycles. The van der Waals surface area contributed by atoms with Crippen LogP contribution in [0.1, 0.15) is 53.4 Å². The monoisotopic (exact) mass is 324 g/mol. The zero-order valence-corrected chi connectivity index (χ0v) is 16.4. The first kappa shape index (κ1) is 19.2. The van der Waals surface area contributed by atoms with Crippen LogP contribution < -0.4 is 0 Å². The van der Waals surface area contributed by atoms with Gasteiger partial charge in [0, 0.05) is 45.8 Å². The van der Waals surface area contributed by atoms with Crippen molar-refractivity contribution in [2.45, 2.75) is 59.4 Å². The normalized spacial score (nSPS) is 23.7. The Hall–Kier alpha value is -0.160. The minimum atomic E-state index is 0.476. The van der Waals surface area contributed by atoms with E-state index in [1.54, 1.807) is 0 Å². The van der Waals surface area contributed by atoms with Crippen molar-refractivity contribution < 1.29 is 0 Å². The minimum Gasteiger partial charge on any atom is -0.303 e. The van der Waals surface area contributed by atoms with Gasteiger partial charge in [-0.2, -0.15) is 0 Å². The highest BCUT2D eigenvalue weighted by Crippen LogP contribution is 2.26. The summed E-state index contributed by atoms with van der Waals surface area (Å²) in [6.45, 7) is 19.3. The molecule has 4 nitrogen and oxygen atoms in total. The van der Waals surface area contributed by atoms with E-state index < -0.39 is 0 Å². The molecular formula is C19H40N4. The average molecular weight is 325 g/mol. The van der Waals surface area contributed by atoms with E-state index in [-0.39, 0.29) is 0 Å². The van der Waals surface area contributed by atoms with Crippen molar-refractivity contribution in [3.05, 3.63) is 0 Å². The lowest BCUT2D eigenvalue weighted by atomic mass is 9.86. The fraction of sp³-hybridized carbons (Fsp3) is 1.00. The van der Waals surface area contributed by atoms with Crippen molar-refractivity contribution in [3.8, 4) is 0 Å². The third kappa shape index (κ3) is 5.70. The zero-order valence-electron chi connectivity index (χ0n) is 16.4. The molecule has 2 aliphatic heterocycles. The molecule has 0 atom stereocenters. The van der Waals surface area contributed by atoms with Gasteiger partial charge in [0.1, 0.15) is 0 Å². The molecular weight excluding hydrogens is 284 g/mol. The molecule has 0 N–H and O–H groups in total. The first-order valence-corrected chi connectivity index (χ1v) is 9.87. The highest BCUT2D eigenvalue weighted by molar-refractivity contribution is 4.82. The molecule has 2 saturated heterocycles. The number of piperidine rings is 1. The molecule has 136 valence electrons. The van der Waals surface area contributed by atoms with Crippen LogP contribution in [0.2, 0.25) is 0 Å². The lowest BCUT2D eigenvalue weighted by Gasteiger charge is -2.46. The SMILES string of the molecule is CCCC(C)(C)CN1CCC(N(C)N2CCN(CC)CC2)CC1. The van der Waals surface area contributed by atoms with Gasteiger partial charge in [-0.3, -0.25) is 0 Å². The smallest absolute Gasteiger partial charge is 0.0267 e. The van der Waals surface area contributed by atoms with Gasteiger partial charge in [0.15, 0.2) is 0 Å². The molecule has 0 aliphatic carbocycles. The fourth-order valence-electron chi connectivity index (χ4n) is 4.41. The summed E-state index contributed by atoms with van der Waals surface area (Å²) < 4.78 is 0. The van der Waals surface area contributed by atoms with Gasteiger partial charge in [-0.1, -0.05) is 34.1 Å². The maximum absolute atomic E-state index is 2.70. The summed E-state index contributed by atoms with van der Waals surface area (Å²) in [7, 11) is 2.32. The van der Waals surface area contributed by atoms with Gasteiger partial charge in [-0.15, -0.1) is 0 Å². The van der Waals surface area contributed by atoms with Crippen LogP contribution in [0.15, 0.2) is 0 Å². The molecule has 0 radical (unpaired) electrons. The van der Waals surface area contributed by atoms with Gasteiger partial charge in [-0.05, 0) is 44.3 Å². The summed E-state index contributed by atoms with van der Waals surface area (Å²) in [5.41, 5.74) is 0.476. The number of piperazine rings is 1. The average Bonchev–Trinajstić information content (AvgIpc) is 2.54. The van der Waals surface area contributed by atoms with E-state index >= 15 is 0 Å². The lowest BCUT2D eigenvalue weighted by Crippen LogP contribution is -2.57. The van der Waals surface area contributed by atoms with Gasteiger partial charge in [0.25, 0.3) is 0 Å². The minimum absolute atomic E-state index is 0.476. The van der Waals surface area contributed by atoms with Crippen LogP contribution in [0.3, 0.4) is 0 Å². The van der Waals surface area contributed by atoms with Gasteiger partial charge < -0.3 is 9.80 Å². The molecule has 2 aliphatic rings. The molecule has 2 rings (SSSR count). The maximum Gasteiger partial charge on any atom is 0.0267 e. The summed E-state index contributed by atoms with van der Waals surface area (Å²) in [6, 6.07) is 0.744. The van der Waals surface area contributed by atoms with Crippen LogP contribution in [0, 0.1) is 5.41 Å². The van der Waals surface area contributed by atoms with Crippen LogP contribution in [-0.2, 0) is 0 Å². The molecule has 23 heavy (non-hydrogen) atoms. The topological polar surface area (TPSA) is 13.0 Å². The third-order valence-electron chi connectivity index (χ3n) is 5.91. The Bertz CT molecular complexity index is 328. The molecule has 2 heterocycles. The zero-order chi connectivity index (χ0) is 16.9. The number of hydrazine groups is 1. The molecule has 0 bridgehead atoms. The van der Waals surface area contributed by atoms with Crippen molar-refractivity contribution in [3.63, 3.8) is 0 Å². The largest absolute Gasteiger partial charge is 0.303 e. The number of hydrogen-bond acceptors (Lipinski definition) is 4. The van der Waals surface area contributed by atoms with Crippen molar-refractivity contribution in [2.75, 3.05) is 59.4 Å². The molecule has 0 aromatic heterocycles. The standard InChI is InChI=1S/C19H40N4/c1-6-10-19(3,4)17-22-11-8-18(9-12-22)20(5)23-15-13-21(7-2)14-16-23/h18H,6-17H2,1-5H3. The number of nitrogens with zero attached hydrogens (tertiary/aromatic N) is 4. The van der Waals surface area contributed by atoms with E-state index in [1.165, 1.54) is 78.0 Å². The van der Waals surface area contributed by atoms with Crippen LogP contribution in [0.5, 0.6) is 0 Å². The molecule has 4 heteroatoms. The van der Waals surface area contributed by atoms with Crippen molar-refractivity contribution in [1.29, 1.82) is 0 Å². The summed E-state index contributed by atoms with van der Waals surface area (Å²) in [5, 5.41) is 5.16. The van der Waals surface area contributed by atoms with Crippen LogP contribution >= 0.6 is 0 Å². The third-order valence-corrected chi connectivity index (χ3v) is 5.91. The second kappa shape index (κ2) is 8.80. The molecule has 0 saturated carbocycles. The highest BCUT2D eigenvalue weighted by Gasteiger charge is 2.29. The number of likely N-dealkylation sites (tertiary alicyclic amines) is 1. The molecule has 2 fully saturated rings. The Morgan fingerprint density at radius 3 is 2.04 bits per heavy atom. The summed E-state index contributed by atoms with van der Waals surface area (Å²) in [4.78, 5) is 5.26. The number of likely N-dealkylation sites (N-methyl/N-ethyl adjacent to an activating group) is 1. The molecule has 0 spiro atoms. The van der Waals surface area contributed by atoms with E-state index in [9.17, 15) is 0 Å². The first-order chi connectivity index (χ1) is 10.9. The van der Waals surface area contributed by atoms with Crippen LogP contribution in [0.4, 0.5) is 0 Å². The Morgan fingerprint density at radius 1 is 0.913 bits per heavy atom. The Kier molecular flexibility index (Phi) is 7.33. The second-order valence-corrected chi connectivity index (χ2v) is 8.38. The molecule has 0 aromatic rings. The summed E-state index contributed by atoms with van der Waals surface area (Å²) in [5.74, 6) is 0. The van der Waals surface area contributed by atoms with Gasteiger partial charge in [0.2, 0.25) is 0 Å². The van der Waals surface area contributed by atoms with Crippen molar-refractivity contribution >= 4 is 0 Å². The van der Waals surface area contributed by atoms with Crippen LogP contribution in [-0.4, -0.2) is 85.3 Å². The Morgan fingerprint density at radius 2 is 1.52 bits per heavy atom. The van der Waals surface area contributed by atoms with Gasteiger partial charge in [0.05, 0.1) is 0 Å². The van der Waals surface area contributed by atoms with E-state index in [0.29, 0.717) is 5.41 Å². The lowest BCUT2D eigenvalue weighted by molar-refractivity contribution is -0.0809. The second-order valence-electron chi connectivity index (χ2n) is 8.38. The molecule has 0 unspecified atom stereocenters. The van der Waals surface area contributed by atoms with Crippen LogP contribution in [0.25, 0.3) is 0 Å². The summed E-state index contributed by atoms with van der Waals surface area (Å²) >= 11 is 0. The molecule has 0 amide bonds. The number of hydrogen-bond donors (Lipinski definition) is 0. The van der Waals surface area contributed by atoms with E-state index in [0.717, 1.165) is 6.04 Å². The fourth-order valence-corrected chi connectivity index (χ4v) is 4.41. The Labute approximate surface area is 144 Å². The predicted octanol–water partition coefficient (Wildman–Crippen LogP) is 2.76. The van der Waals surface area contributed by atoms with E-state index in [4.69, 9.17) is 0 Å². The van der Waals surface area contributed by atoms with Gasteiger partial charge >= 0.3 is 0 Å². The van der Waals surface area contributed by atoms with E-state index in [1.807, 2.05) is 0 Å². The maximum atomic E-state index is 2.70. The van der Waals surface area contributed by atoms with Crippen molar-refractivity contribution in [2.24, 2.45) is 5.41 Å². The Balaban J connectivity index is 1.73. The predicted molar refractivity (Wildman–Crippen MR) is 99.6 cm³/mol. The quantitative estimate of drug-likeness (QED) is 0.714. The number of rotatable bonds is 7.